The average molecular weight is 427 g/mol. The van der Waals surface area contributed by atoms with Gasteiger partial charge in [0.1, 0.15) is 5.82 Å². The number of aliphatic hydroxyl groups is 1. The van der Waals surface area contributed by atoms with E-state index in [1.165, 1.54) is 0 Å². The summed E-state index contributed by atoms with van der Waals surface area (Å²) in [5.41, 5.74) is 2.46. The molecule has 158 valence electrons. The van der Waals surface area contributed by atoms with Crippen molar-refractivity contribution < 1.29 is 9.90 Å². The molecular weight excluding hydrogens is 400 g/mol. The van der Waals surface area contributed by atoms with Gasteiger partial charge in [-0.3, -0.25) is 4.79 Å². The maximum atomic E-state index is 12.8. The molecule has 0 aliphatic heterocycles. The molecule has 0 bridgehead atoms. The molecule has 30 heavy (non-hydrogen) atoms. The number of hydrogen-bond acceptors (Lipinski definition) is 5. The van der Waals surface area contributed by atoms with Crippen molar-refractivity contribution in [3.05, 3.63) is 65.2 Å². The lowest BCUT2D eigenvalue weighted by atomic mass is 10.00. The second-order valence-corrected chi connectivity index (χ2v) is 7.57. The minimum absolute atomic E-state index is 0.0783. The quantitative estimate of drug-likeness (QED) is 0.371. The van der Waals surface area contributed by atoms with Crippen molar-refractivity contribution in [1.29, 1.82) is 0 Å². The van der Waals surface area contributed by atoms with Crippen molar-refractivity contribution in [2.75, 3.05) is 36.9 Å². The van der Waals surface area contributed by atoms with Crippen LogP contribution in [-0.4, -0.2) is 42.2 Å². The molecule has 7 heteroatoms. The second-order valence-electron chi connectivity index (χ2n) is 7.17. The van der Waals surface area contributed by atoms with Crippen molar-refractivity contribution in [2.24, 2.45) is 5.92 Å². The van der Waals surface area contributed by atoms with Gasteiger partial charge >= 0.3 is 0 Å². The molecule has 0 saturated carbocycles. The van der Waals surface area contributed by atoms with Gasteiger partial charge in [0.25, 0.3) is 0 Å². The Labute approximate surface area is 181 Å². The topological polar surface area (TPSA) is 86.3 Å². The first kappa shape index (κ1) is 22.0. The smallest absolute Gasteiger partial charge is 0.227 e. The van der Waals surface area contributed by atoms with Gasteiger partial charge in [-0.2, -0.15) is 0 Å². The third-order valence-electron chi connectivity index (χ3n) is 4.80. The number of nitrogens with one attached hydrogen (secondary N) is 3. The number of pyridine rings is 1. The molecule has 0 aliphatic rings. The number of rotatable bonds is 10. The van der Waals surface area contributed by atoms with E-state index in [-0.39, 0.29) is 18.4 Å². The van der Waals surface area contributed by atoms with Crippen LogP contribution in [0, 0.1) is 5.92 Å². The summed E-state index contributed by atoms with van der Waals surface area (Å²) >= 11 is 6.40. The molecular formula is C23H27ClN4O2. The van der Waals surface area contributed by atoms with Crippen LogP contribution in [0.3, 0.4) is 0 Å². The molecule has 4 N–H and O–H groups in total. The van der Waals surface area contributed by atoms with E-state index in [0.717, 1.165) is 28.8 Å². The van der Waals surface area contributed by atoms with Crippen LogP contribution in [0.1, 0.15) is 12.5 Å². The van der Waals surface area contributed by atoms with Crippen LogP contribution in [0.2, 0.25) is 5.02 Å². The number of aliphatic hydroxyl groups excluding tert-OH is 1. The number of amides is 1. The number of nitrogens with zero attached hydrogens (tertiary/aromatic N) is 1. The highest BCUT2D eigenvalue weighted by Gasteiger charge is 2.17. The third-order valence-corrected chi connectivity index (χ3v) is 5.11. The predicted octanol–water partition coefficient (Wildman–Crippen LogP) is 3.70. The number of benzene rings is 2. The van der Waals surface area contributed by atoms with Crippen molar-refractivity contribution in [1.82, 2.24) is 10.3 Å². The number of aromatic nitrogens is 1. The number of anilines is 2. The fraction of sp³-hybridized carbons (Fsp3) is 0.304. The minimum atomic E-state index is -0.195. The zero-order valence-electron chi connectivity index (χ0n) is 17.0. The summed E-state index contributed by atoms with van der Waals surface area (Å²) in [5.74, 6) is 0.467. The van der Waals surface area contributed by atoms with Gasteiger partial charge in [0.05, 0.1) is 22.8 Å². The van der Waals surface area contributed by atoms with Crippen molar-refractivity contribution in [2.45, 2.75) is 13.3 Å². The van der Waals surface area contributed by atoms with E-state index in [0.29, 0.717) is 30.2 Å². The molecule has 1 heterocycles. The maximum absolute atomic E-state index is 12.8. The SMILES string of the molecule is C[C@H](Cc1ccccc1)C(=O)Nc1c(Cl)ccc2nc(NCCNCCO)ccc12. The van der Waals surface area contributed by atoms with Crippen molar-refractivity contribution >= 4 is 39.9 Å². The summed E-state index contributed by atoms with van der Waals surface area (Å²) in [7, 11) is 0. The lowest BCUT2D eigenvalue weighted by molar-refractivity contribution is -0.119. The van der Waals surface area contributed by atoms with Gasteiger partial charge in [0.2, 0.25) is 5.91 Å². The summed E-state index contributed by atoms with van der Waals surface area (Å²) in [6.45, 7) is 4.01. The van der Waals surface area contributed by atoms with Gasteiger partial charge in [-0.15, -0.1) is 0 Å². The van der Waals surface area contributed by atoms with E-state index in [1.807, 2.05) is 55.5 Å². The largest absolute Gasteiger partial charge is 0.395 e. The Kier molecular flexibility index (Phi) is 8.02. The van der Waals surface area contributed by atoms with Gasteiger partial charge in [-0.05, 0) is 36.2 Å². The van der Waals surface area contributed by atoms with Crippen LogP contribution < -0.4 is 16.0 Å². The van der Waals surface area contributed by atoms with E-state index in [4.69, 9.17) is 16.7 Å². The molecule has 6 nitrogen and oxygen atoms in total. The monoisotopic (exact) mass is 426 g/mol. The van der Waals surface area contributed by atoms with Crippen LogP contribution in [0.4, 0.5) is 11.5 Å². The summed E-state index contributed by atoms with van der Waals surface area (Å²) in [5, 5.41) is 19.4. The fourth-order valence-corrected chi connectivity index (χ4v) is 3.40. The molecule has 0 radical (unpaired) electrons. The first-order valence-electron chi connectivity index (χ1n) is 10.1. The molecule has 3 aromatic rings. The highest BCUT2D eigenvalue weighted by atomic mass is 35.5. The molecule has 1 atom stereocenters. The zero-order chi connectivity index (χ0) is 21.3. The Morgan fingerprint density at radius 2 is 1.87 bits per heavy atom. The summed E-state index contributed by atoms with van der Waals surface area (Å²) in [6, 6.07) is 17.3. The maximum Gasteiger partial charge on any atom is 0.227 e. The molecule has 2 aromatic carbocycles. The van der Waals surface area contributed by atoms with E-state index >= 15 is 0 Å². The Balaban J connectivity index is 1.70. The van der Waals surface area contributed by atoms with E-state index < -0.39 is 0 Å². The fourth-order valence-electron chi connectivity index (χ4n) is 3.19. The van der Waals surface area contributed by atoms with Crippen LogP contribution in [-0.2, 0) is 11.2 Å². The summed E-state index contributed by atoms with van der Waals surface area (Å²) in [6.07, 6.45) is 0.658. The Morgan fingerprint density at radius 3 is 2.63 bits per heavy atom. The third kappa shape index (κ3) is 5.92. The summed E-state index contributed by atoms with van der Waals surface area (Å²) < 4.78 is 0. The van der Waals surface area contributed by atoms with Crippen LogP contribution in [0.15, 0.2) is 54.6 Å². The minimum Gasteiger partial charge on any atom is -0.395 e. The molecule has 0 fully saturated rings. The van der Waals surface area contributed by atoms with Gasteiger partial charge in [-0.25, -0.2) is 4.98 Å². The van der Waals surface area contributed by atoms with E-state index in [9.17, 15) is 4.79 Å². The molecule has 3 rings (SSSR count). The van der Waals surface area contributed by atoms with E-state index in [2.05, 4.69) is 20.9 Å². The van der Waals surface area contributed by atoms with E-state index in [1.54, 1.807) is 6.07 Å². The lowest BCUT2D eigenvalue weighted by Crippen LogP contribution is -2.25. The Bertz CT molecular complexity index is 982. The molecule has 0 aliphatic carbocycles. The highest BCUT2D eigenvalue weighted by Crippen LogP contribution is 2.31. The summed E-state index contributed by atoms with van der Waals surface area (Å²) in [4.78, 5) is 17.4. The number of halogens is 1. The average Bonchev–Trinajstić information content (AvgIpc) is 2.76. The van der Waals surface area contributed by atoms with Gasteiger partial charge in [0.15, 0.2) is 0 Å². The van der Waals surface area contributed by atoms with Gasteiger partial charge in [0, 0.05) is 30.9 Å². The predicted molar refractivity (Wildman–Crippen MR) is 123 cm³/mol. The van der Waals surface area contributed by atoms with Crippen LogP contribution >= 0.6 is 11.6 Å². The Hall–Kier alpha value is -2.67. The van der Waals surface area contributed by atoms with Crippen molar-refractivity contribution in [3.63, 3.8) is 0 Å². The Morgan fingerprint density at radius 1 is 1.07 bits per heavy atom. The first-order valence-corrected chi connectivity index (χ1v) is 10.5. The molecule has 0 unspecified atom stereocenters. The standard InChI is InChI=1S/C23H27ClN4O2/c1-16(15-17-5-3-2-4-6-17)23(30)28-22-18-7-10-21(26-12-11-25-13-14-29)27-20(18)9-8-19(22)24/h2-10,16,25,29H,11-15H2,1H3,(H,26,27)(H,28,30)/t16-/m1/s1. The van der Waals surface area contributed by atoms with Crippen LogP contribution in [0.5, 0.6) is 0 Å². The van der Waals surface area contributed by atoms with Gasteiger partial charge < -0.3 is 21.1 Å². The van der Waals surface area contributed by atoms with Crippen LogP contribution in [0.25, 0.3) is 10.9 Å². The number of carbonyl (C=O) groups excluding carboxylic acids is 1. The molecule has 1 aromatic heterocycles. The number of carbonyl (C=O) groups is 1. The zero-order valence-corrected chi connectivity index (χ0v) is 17.7. The molecule has 0 saturated heterocycles. The molecule has 1 amide bonds. The number of fused-ring (bicyclic) bond motifs is 1. The highest BCUT2D eigenvalue weighted by molar-refractivity contribution is 6.35. The van der Waals surface area contributed by atoms with Crippen molar-refractivity contribution in [3.8, 4) is 0 Å². The normalized spacial score (nSPS) is 12.0. The first-order chi connectivity index (χ1) is 14.6. The number of hydrogen-bond donors (Lipinski definition) is 4. The second kappa shape index (κ2) is 10.9. The van der Waals surface area contributed by atoms with Gasteiger partial charge in [-0.1, -0.05) is 48.9 Å². The lowest BCUT2D eigenvalue weighted by Gasteiger charge is -2.15. The molecule has 0 spiro atoms.